The lowest BCUT2D eigenvalue weighted by molar-refractivity contribution is -0.121. The molecule has 1 aliphatic heterocycles. The van der Waals surface area contributed by atoms with Crippen LogP contribution in [0.3, 0.4) is 0 Å². The van der Waals surface area contributed by atoms with Crippen LogP contribution in [0.1, 0.15) is 44.9 Å². The summed E-state index contributed by atoms with van der Waals surface area (Å²) in [5.41, 5.74) is 0. The van der Waals surface area contributed by atoms with Crippen LogP contribution in [-0.2, 0) is 9.53 Å². The Kier molecular flexibility index (Phi) is 4.40. The van der Waals surface area contributed by atoms with Gasteiger partial charge in [-0.05, 0) is 38.0 Å². The molecular formula is C13H21NO3. The number of likely N-dealkylation sites (tertiary alicyclic amines) is 1. The van der Waals surface area contributed by atoms with E-state index in [0.29, 0.717) is 31.1 Å². The SMILES string of the molecule is O=C1CCC(COC(=O)N2CCCCC2)CC1. The molecule has 1 amide bonds. The summed E-state index contributed by atoms with van der Waals surface area (Å²) in [6.45, 7) is 2.16. The molecule has 0 bridgehead atoms. The minimum Gasteiger partial charge on any atom is -0.449 e. The van der Waals surface area contributed by atoms with Gasteiger partial charge in [0.05, 0.1) is 6.61 Å². The van der Waals surface area contributed by atoms with Crippen LogP contribution in [0.4, 0.5) is 4.79 Å². The van der Waals surface area contributed by atoms with E-state index in [9.17, 15) is 9.59 Å². The van der Waals surface area contributed by atoms with Crippen LogP contribution in [-0.4, -0.2) is 36.5 Å². The second-order valence-corrected chi connectivity index (χ2v) is 5.11. The highest BCUT2D eigenvalue weighted by Gasteiger charge is 2.22. The summed E-state index contributed by atoms with van der Waals surface area (Å²) >= 11 is 0. The molecule has 0 aromatic rings. The minimum atomic E-state index is -0.165. The fourth-order valence-corrected chi connectivity index (χ4v) is 2.52. The summed E-state index contributed by atoms with van der Waals surface area (Å²) in [5, 5.41) is 0. The van der Waals surface area contributed by atoms with Gasteiger partial charge in [0.15, 0.2) is 0 Å². The molecule has 0 N–H and O–H groups in total. The third-order valence-corrected chi connectivity index (χ3v) is 3.72. The lowest BCUT2D eigenvalue weighted by Crippen LogP contribution is -2.37. The molecular weight excluding hydrogens is 218 g/mol. The predicted octanol–water partition coefficient (Wildman–Crippen LogP) is 2.37. The van der Waals surface area contributed by atoms with E-state index in [1.54, 1.807) is 4.90 Å². The number of carbonyl (C=O) groups excluding carboxylic acids is 2. The van der Waals surface area contributed by atoms with Crippen LogP contribution in [0, 0.1) is 5.92 Å². The molecule has 4 heteroatoms. The molecule has 0 unspecified atom stereocenters. The second-order valence-electron chi connectivity index (χ2n) is 5.11. The summed E-state index contributed by atoms with van der Waals surface area (Å²) in [5.74, 6) is 0.741. The van der Waals surface area contributed by atoms with Crippen molar-refractivity contribution in [1.82, 2.24) is 4.90 Å². The van der Waals surface area contributed by atoms with Crippen molar-refractivity contribution in [1.29, 1.82) is 0 Å². The molecule has 2 aliphatic rings. The van der Waals surface area contributed by atoms with E-state index in [1.807, 2.05) is 0 Å². The molecule has 1 saturated carbocycles. The van der Waals surface area contributed by atoms with Crippen molar-refractivity contribution >= 4 is 11.9 Å². The lowest BCUT2D eigenvalue weighted by Gasteiger charge is -2.27. The molecule has 0 aromatic carbocycles. The van der Waals surface area contributed by atoms with Gasteiger partial charge in [-0.3, -0.25) is 4.79 Å². The van der Waals surface area contributed by atoms with Crippen LogP contribution in [0.2, 0.25) is 0 Å². The van der Waals surface area contributed by atoms with Gasteiger partial charge in [0.25, 0.3) is 0 Å². The maximum absolute atomic E-state index is 11.7. The average molecular weight is 239 g/mol. The fraction of sp³-hybridized carbons (Fsp3) is 0.846. The number of Topliss-reactive ketones (excluding diaryl/α,β-unsaturated/α-hetero) is 1. The third kappa shape index (κ3) is 3.72. The quantitative estimate of drug-likeness (QED) is 0.743. The van der Waals surface area contributed by atoms with Crippen molar-refractivity contribution in [3.8, 4) is 0 Å². The first-order valence-corrected chi connectivity index (χ1v) is 6.69. The number of ketones is 1. The van der Waals surface area contributed by atoms with Crippen molar-refractivity contribution in [2.24, 2.45) is 5.92 Å². The van der Waals surface area contributed by atoms with Gasteiger partial charge in [0, 0.05) is 25.9 Å². The average Bonchev–Trinajstić information content (AvgIpc) is 2.39. The van der Waals surface area contributed by atoms with Gasteiger partial charge in [-0.15, -0.1) is 0 Å². The Hall–Kier alpha value is -1.06. The molecule has 0 aromatic heterocycles. The van der Waals surface area contributed by atoms with Crippen molar-refractivity contribution in [3.63, 3.8) is 0 Å². The number of ether oxygens (including phenoxy) is 1. The van der Waals surface area contributed by atoms with Gasteiger partial charge >= 0.3 is 6.09 Å². The van der Waals surface area contributed by atoms with E-state index < -0.39 is 0 Å². The highest BCUT2D eigenvalue weighted by molar-refractivity contribution is 5.79. The Labute approximate surface area is 102 Å². The Bertz CT molecular complexity index is 274. The van der Waals surface area contributed by atoms with E-state index in [4.69, 9.17) is 4.74 Å². The largest absolute Gasteiger partial charge is 0.449 e. The highest BCUT2D eigenvalue weighted by atomic mass is 16.6. The molecule has 4 nitrogen and oxygen atoms in total. The molecule has 2 rings (SSSR count). The van der Waals surface area contributed by atoms with Crippen LogP contribution in [0.25, 0.3) is 0 Å². The Morgan fingerprint density at radius 2 is 1.82 bits per heavy atom. The van der Waals surface area contributed by atoms with Gasteiger partial charge in [-0.25, -0.2) is 4.79 Å². The molecule has 2 fully saturated rings. The molecule has 1 heterocycles. The molecule has 0 radical (unpaired) electrons. The van der Waals surface area contributed by atoms with Gasteiger partial charge in [0.2, 0.25) is 0 Å². The maximum atomic E-state index is 11.7. The number of carbonyl (C=O) groups is 2. The van der Waals surface area contributed by atoms with Gasteiger partial charge < -0.3 is 9.64 Å². The van der Waals surface area contributed by atoms with Crippen LogP contribution < -0.4 is 0 Å². The van der Waals surface area contributed by atoms with Crippen LogP contribution >= 0.6 is 0 Å². The number of piperidine rings is 1. The summed E-state index contributed by atoms with van der Waals surface area (Å²) in [6.07, 6.45) is 6.31. The van der Waals surface area contributed by atoms with Gasteiger partial charge in [0.1, 0.15) is 5.78 Å². The number of nitrogens with zero attached hydrogens (tertiary/aromatic N) is 1. The van der Waals surface area contributed by atoms with E-state index >= 15 is 0 Å². The third-order valence-electron chi connectivity index (χ3n) is 3.72. The second kappa shape index (κ2) is 6.03. The zero-order valence-electron chi connectivity index (χ0n) is 10.3. The molecule has 1 saturated heterocycles. The van der Waals surface area contributed by atoms with E-state index in [1.165, 1.54) is 6.42 Å². The number of hydrogen-bond donors (Lipinski definition) is 0. The van der Waals surface area contributed by atoms with Crippen LogP contribution in [0.5, 0.6) is 0 Å². The number of hydrogen-bond acceptors (Lipinski definition) is 3. The Morgan fingerprint density at radius 3 is 2.47 bits per heavy atom. The van der Waals surface area contributed by atoms with E-state index in [2.05, 4.69) is 0 Å². The monoisotopic (exact) mass is 239 g/mol. The first kappa shape index (κ1) is 12.4. The lowest BCUT2D eigenvalue weighted by atomic mass is 9.89. The topological polar surface area (TPSA) is 46.6 Å². The van der Waals surface area contributed by atoms with Gasteiger partial charge in [-0.1, -0.05) is 0 Å². The van der Waals surface area contributed by atoms with Gasteiger partial charge in [-0.2, -0.15) is 0 Å². The van der Waals surface area contributed by atoms with Crippen molar-refractivity contribution in [3.05, 3.63) is 0 Å². The molecule has 96 valence electrons. The fourth-order valence-electron chi connectivity index (χ4n) is 2.52. The van der Waals surface area contributed by atoms with Crippen molar-refractivity contribution < 1.29 is 14.3 Å². The Balaban J connectivity index is 1.67. The Morgan fingerprint density at radius 1 is 1.18 bits per heavy atom. The zero-order chi connectivity index (χ0) is 12.1. The molecule has 0 spiro atoms. The smallest absolute Gasteiger partial charge is 0.409 e. The summed E-state index contributed by atoms with van der Waals surface area (Å²) < 4.78 is 5.33. The predicted molar refractivity (Wildman–Crippen MR) is 63.7 cm³/mol. The normalized spacial score (nSPS) is 22.6. The first-order valence-electron chi connectivity index (χ1n) is 6.69. The first-order chi connectivity index (χ1) is 8.25. The molecule has 0 atom stereocenters. The highest BCUT2D eigenvalue weighted by Crippen LogP contribution is 2.22. The van der Waals surface area contributed by atoms with Crippen LogP contribution in [0.15, 0.2) is 0 Å². The summed E-state index contributed by atoms with van der Waals surface area (Å²) in [4.78, 5) is 24.6. The summed E-state index contributed by atoms with van der Waals surface area (Å²) in [6, 6.07) is 0. The number of amides is 1. The summed E-state index contributed by atoms with van der Waals surface area (Å²) in [7, 11) is 0. The number of rotatable bonds is 2. The van der Waals surface area contributed by atoms with E-state index in [-0.39, 0.29) is 6.09 Å². The molecule has 17 heavy (non-hydrogen) atoms. The zero-order valence-corrected chi connectivity index (χ0v) is 10.3. The van der Waals surface area contributed by atoms with Crippen molar-refractivity contribution in [2.45, 2.75) is 44.9 Å². The maximum Gasteiger partial charge on any atom is 0.409 e. The minimum absolute atomic E-state index is 0.165. The van der Waals surface area contributed by atoms with Crippen molar-refractivity contribution in [2.75, 3.05) is 19.7 Å². The molecule has 1 aliphatic carbocycles. The standard InChI is InChI=1S/C13H21NO3/c15-12-6-4-11(5-7-12)10-17-13(16)14-8-2-1-3-9-14/h11H,1-10H2. The van der Waals surface area contributed by atoms with E-state index in [0.717, 1.165) is 38.8 Å².